The van der Waals surface area contributed by atoms with Crippen molar-refractivity contribution < 1.29 is 13.6 Å². The van der Waals surface area contributed by atoms with Gasteiger partial charge < -0.3 is 10.6 Å². The summed E-state index contributed by atoms with van der Waals surface area (Å²) in [6.07, 6.45) is 7.18. The first-order valence-corrected chi connectivity index (χ1v) is 10.3. The van der Waals surface area contributed by atoms with Gasteiger partial charge in [0.15, 0.2) is 0 Å². The minimum atomic E-state index is -0.527. The van der Waals surface area contributed by atoms with E-state index in [1.54, 1.807) is 27.9 Å². The van der Waals surface area contributed by atoms with E-state index < -0.39 is 11.6 Å². The highest BCUT2D eigenvalue weighted by atomic mass is 19.1. The van der Waals surface area contributed by atoms with Gasteiger partial charge in [0, 0.05) is 31.1 Å². The van der Waals surface area contributed by atoms with Gasteiger partial charge in [-0.3, -0.25) is 19.5 Å². The maximum atomic E-state index is 14.0. The smallest absolute Gasteiger partial charge is 0.254 e. The Hall–Kier alpha value is -4.14. The third-order valence-corrected chi connectivity index (χ3v) is 4.85. The van der Waals surface area contributed by atoms with Crippen LogP contribution in [0.25, 0.3) is 17.1 Å². The van der Waals surface area contributed by atoms with Crippen LogP contribution < -0.4 is 5.73 Å². The van der Waals surface area contributed by atoms with Gasteiger partial charge in [-0.15, -0.1) is 0 Å². The van der Waals surface area contributed by atoms with Crippen LogP contribution in [0.15, 0.2) is 72.6 Å². The minimum Gasteiger partial charge on any atom is -0.405 e. The predicted molar refractivity (Wildman–Crippen MR) is 124 cm³/mol. The van der Waals surface area contributed by atoms with E-state index in [9.17, 15) is 13.6 Å². The second kappa shape index (κ2) is 10.9. The van der Waals surface area contributed by atoms with Gasteiger partial charge in [-0.25, -0.2) is 8.78 Å². The third-order valence-electron chi connectivity index (χ3n) is 4.85. The number of hydrogen-bond donors (Lipinski definition) is 1. The Balaban J connectivity index is 1.75. The Morgan fingerprint density at radius 2 is 1.97 bits per heavy atom. The van der Waals surface area contributed by atoms with E-state index >= 15 is 0 Å². The summed E-state index contributed by atoms with van der Waals surface area (Å²) in [6.45, 7) is 6.88. The second-order valence-corrected chi connectivity index (χ2v) is 7.01. The van der Waals surface area contributed by atoms with Gasteiger partial charge in [-0.2, -0.15) is 5.10 Å². The van der Waals surface area contributed by atoms with Crippen LogP contribution in [0.5, 0.6) is 0 Å². The molecule has 3 rings (SSSR count). The van der Waals surface area contributed by atoms with Crippen LogP contribution in [-0.2, 0) is 6.54 Å². The molecule has 9 heteroatoms. The van der Waals surface area contributed by atoms with Gasteiger partial charge >= 0.3 is 0 Å². The lowest BCUT2D eigenvalue weighted by molar-refractivity contribution is 0.0756. The zero-order valence-electron chi connectivity index (χ0n) is 18.2. The normalized spacial score (nSPS) is 11.4. The Morgan fingerprint density at radius 3 is 2.67 bits per heavy atom. The highest BCUT2D eigenvalue weighted by molar-refractivity contribution is 5.99. The molecule has 0 aliphatic heterocycles. The molecule has 0 aliphatic carbocycles. The monoisotopic (exact) mass is 450 g/mol. The number of benzene rings is 1. The number of allylic oxidation sites excluding steroid dienone is 1. The number of aromatic nitrogens is 3. The quantitative estimate of drug-likeness (QED) is 0.501. The third kappa shape index (κ3) is 5.97. The van der Waals surface area contributed by atoms with Gasteiger partial charge in [-0.05, 0) is 55.6 Å². The number of nitrogens with two attached hydrogens (primary N) is 1. The van der Waals surface area contributed by atoms with Crippen LogP contribution in [0.2, 0.25) is 0 Å². The van der Waals surface area contributed by atoms with Crippen molar-refractivity contribution in [3.63, 3.8) is 0 Å². The molecule has 1 aromatic carbocycles. The fourth-order valence-electron chi connectivity index (χ4n) is 3.14. The summed E-state index contributed by atoms with van der Waals surface area (Å²) in [5.74, 6) is -1.29. The molecule has 0 radical (unpaired) electrons. The molecule has 7 nitrogen and oxygen atoms in total. The van der Waals surface area contributed by atoms with E-state index in [2.05, 4.69) is 21.7 Å². The molecule has 0 atom stereocenters. The summed E-state index contributed by atoms with van der Waals surface area (Å²) in [5.41, 5.74) is 7.36. The lowest BCUT2D eigenvalue weighted by Crippen LogP contribution is -2.34. The average molecular weight is 450 g/mol. The second-order valence-electron chi connectivity index (χ2n) is 7.01. The van der Waals surface area contributed by atoms with Crippen LogP contribution in [0, 0.1) is 11.6 Å². The summed E-state index contributed by atoms with van der Waals surface area (Å²) in [4.78, 5) is 23.0. The minimum absolute atomic E-state index is 0.174. The molecule has 0 saturated heterocycles. The highest BCUT2D eigenvalue weighted by Crippen LogP contribution is 2.22. The molecule has 0 unspecified atom stereocenters. The maximum absolute atomic E-state index is 14.0. The predicted octanol–water partition coefficient (Wildman–Crippen LogP) is 3.90. The van der Waals surface area contributed by atoms with Crippen molar-refractivity contribution in [1.29, 1.82) is 0 Å². The highest BCUT2D eigenvalue weighted by Gasteiger charge is 2.20. The summed E-state index contributed by atoms with van der Waals surface area (Å²) in [5, 5.41) is 4.43. The topological polar surface area (TPSA) is 89.4 Å². The Morgan fingerprint density at radius 1 is 1.18 bits per heavy atom. The number of hydrogen-bond acceptors (Lipinski definition) is 5. The summed E-state index contributed by atoms with van der Waals surface area (Å²) < 4.78 is 28.7. The molecule has 170 valence electrons. The van der Waals surface area contributed by atoms with E-state index in [-0.39, 0.29) is 11.5 Å². The van der Waals surface area contributed by atoms with E-state index in [0.717, 1.165) is 6.20 Å². The molecule has 0 bridgehead atoms. The van der Waals surface area contributed by atoms with Crippen molar-refractivity contribution >= 4 is 17.8 Å². The van der Waals surface area contributed by atoms with Crippen LogP contribution >= 0.6 is 0 Å². The van der Waals surface area contributed by atoms with E-state index in [0.29, 0.717) is 42.3 Å². The molecular formula is C24H24F2N6O. The van der Waals surface area contributed by atoms with Crippen LogP contribution in [0.3, 0.4) is 0 Å². The largest absolute Gasteiger partial charge is 0.405 e. The molecule has 0 aliphatic rings. The first kappa shape index (κ1) is 23.5. The number of carbonyl (C=O) groups excluding carboxylic acids is 1. The molecule has 3 aromatic rings. The van der Waals surface area contributed by atoms with Crippen molar-refractivity contribution in [3.8, 4) is 11.4 Å². The summed E-state index contributed by atoms with van der Waals surface area (Å²) in [7, 11) is 0. The zero-order chi connectivity index (χ0) is 23.8. The van der Waals surface area contributed by atoms with Crippen LogP contribution in [0.4, 0.5) is 8.78 Å². The molecule has 0 fully saturated rings. The van der Waals surface area contributed by atoms with E-state index in [1.165, 1.54) is 42.8 Å². The number of pyridine rings is 1. The van der Waals surface area contributed by atoms with Gasteiger partial charge in [-0.1, -0.05) is 6.58 Å². The maximum Gasteiger partial charge on any atom is 0.254 e. The van der Waals surface area contributed by atoms with E-state index in [4.69, 9.17) is 5.73 Å². The molecular weight excluding hydrogens is 426 g/mol. The molecule has 33 heavy (non-hydrogen) atoms. The first-order chi connectivity index (χ1) is 15.9. The molecule has 1 amide bonds. The molecule has 0 spiro atoms. The van der Waals surface area contributed by atoms with Gasteiger partial charge in [0.2, 0.25) is 0 Å². The molecule has 2 N–H and O–H groups in total. The Bertz CT molecular complexity index is 1180. The SMILES string of the molecule is C=C(N=C/C=C\N)c1ccc(F)cc1C(=O)N(CC)CCn1ccc(-c2ccc(F)cn2)n1. The zero-order valence-corrected chi connectivity index (χ0v) is 18.2. The standard InChI is InChI=1S/C24H24F2N6O/c1-3-31(13-14-32-12-9-23(30-32)22-8-6-19(26)16-29-22)24(33)21-15-18(25)5-7-20(21)17(2)28-11-4-10-27/h4-12,15-16H,2-3,13-14,27H2,1H3/b10-4-,28-11?. The average Bonchev–Trinajstić information content (AvgIpc) is 3.28. The lowest BCUT2D eigenvalue weighted by atomic mass is 10.0. The number of rotatable bonds is 9. The van der Waals surface area contributed by atoms with Crippen molar-refractivity contribution in [2.45, 2.75) is 13.5 Å². The van der Waals surface area contributed by atoms with Gasteiger partial charge in [0.05, 0.1) is 29.7 Å². The number of nitrogens with zero attached hydrogens (tertiary/aromatic N) is 5. The van der Waals surface area contributed by atoms with Crippen LogP contribution in [-0.4, -0.2) is 44.9 Å². The Labute approximate surface area is 190 Å². The van der Waals surface area contributed by atoms with Gasteiger partial charge in [0.25, 0.3) is 5.91 Å². The number of aliphatic imine (C=N–C) groups is 1. The fraction of sp³-hybridized carbons (Fsp3) is 0.167. The van der Waals surface area contributed by atoms with Crippen LogP contribution in [0.1, 0.15) is 22.8 Å². The molecule has 0 saturated carbocycles. The molecule has 2 aromatic heterocycles. The fourth-order valence-corrected chi connectivity index (χ4v) is 3.14. The van der Waals surface area contributed by atoms with E-state index in [1.807, 2.05) is 6.92 Å². The van der Waals surface area contributed by atoms with Crippen molar-refractivity contribution in [2.24, 2.45) is 10.7 Å². The van der Waals surface area contributed by atoms with Crippen molar-refractivity contribution in [2.75, 3.05) is 13.1 Å². The molecule has 2 heterocycles. The number of halogens is 2. The number of amides is 1. The lowest BCUT2D eigenvalue weighted by Gasteiger charge is -2.22. The summed E-state index contributed by atoms with van der Waals surface area (Å²) in [6, 6.07) is 8.56. The number of carbonyl (C=O) groups is 1. The van der Waals surface area contributed by atoms with Crippen molar-refractivity contribution in [1.82, 2.24) is 19.7 Å². The summed E-state index contributed by atoms with van der Waals surface area (Å²) >= 11 is 0. The van der Waals surface area contributed by atoms with Crippen molar-refractivity contribution in [3.05, 3.63) is 90.4 Å². The number of likely N-dealkylation sites (N-methyl/N-ethyl adjacent to an activating group) is 1. The first-order valence-electron chi connectivity index (χ1n) is 10.3. The van der Waals surface area contributed by atoms with Gasteiger partial charge in [0.1, 0.15) is 17.3 Å². The Kier molecular flexibility index (Phi) is 7.80.